The number of hydrogen-bond acceptors (Lipinski definition) is 3. The first kappa shape index (κ1) is 20.6. The van der Waals surface area contributed by atoms with Crippen LogP contribution in [0.5, 0.6) is 0 Å². The molecule has 7 aromatic rings. The number of nitrogens with zero attached hydrogens (tertiary/aromatic N) is 2. The second-order valence-electron chi connectivity index (χ2n) is 8.85. The van der Waals surface area contributed by atoms with E-state index in [0.29, 0.717) is 0 Å². The van der Waals surface area contributed by atoms with E-state index in [1.807, 2.05) is 6.07 Å². The fraction of sp³-hybridized carbons (Fsp3) is 0.0345. The predicted molar refractivity (Wildman–Crippen MR) is 150 cm³/mol. The molecule has 2 aromatic heterocycles. The van der Waals surface area contributed by atoms with Crippen LogP contribution in [-0.4, -0.2) is 9.49 Å². The van der Waals surface area contributed by atoms with E-state index in [9.17, 15) is 10.1 Å². The molecule has 6 heteroatoms. The quantitative estimate of drug-likeness (QED) is 0.163. The van der Waals surface area contributed by atoms with Crippen molar-refractivity contribution in [3.05, 3.63) is 105 Å². The highest BCUT2D eigenvalue weighted by Crippen LogP contribution is 2.47. The molecule has 0 saturated carbocycles. The maximum atomic E-state index is 11.7. The Labute approximate surface area is 212 Å². The normalized spacial score (nSPS) is 11.9. The lowest BCUT2D eigenvalue weighted by atomic mass is 10.1. The number of fused-ring (bicyclic) bond motifs is 8. The average Bonchev–Trinajstić information content (AvgIpc) is 3.39. The molecule has 2 heterocycles. The van der Waals surface area contributed by atoms with Crippen molar-refractivity contribution in [1.82, 2.24) is 4.57 Å². The van der Waals surface area contributed by atoms with Crippen LogP contribution in [0.2, 0.25) is 0 Å². The topological polar surface area (TPSA) is 48.1 Å². The third-order valence-corrected chi connectivity index (χ3v) is 8.87. The lowest BCUT2D eigenvalue weighted by Gasteiger charge is -2.13. The van der Waals surface area contributed by atoms with E-state index in [-0.39, 0.29) is 10.6 Å². The molecule has 0 aliphatic heterocycles. The van der Waals surface area contributed by atoms with Crippen molar-refractivity contribution in [3.63, 3.8) is 0 Å². The summed E-state index contributed by atoms with van der Waals surface area (Å²) >= 11 is 5.59. The molecule has 0 spiro atoms. The minimum Gasteiger partial charge on any atom is -0.308 e. The first-order valence-corrected chi connectivity index (χ1v) is 12.8. The summed E-state index contributed by atoms with van der Waals surface area (Å²) in [6.07, 6.45) is 0. The van der Waals surface area contributed by atoms with Crippen LogP contribution in [0.15, 0.2) is 89.4 Å². The summed E-state index contributed by atoms with van der Waals surface area (Å²) in [4.78, 5) is 11.4. The number of hydrogen-bond donors (Lipinski definition) is 0. The highest BCUT2D eigenvalue weighted by molar-refractivity contribution is 9.10. The van der Waals surface area contributed by atoms with Gasteiger partial charge >= 0.3 is 0 Å². The molecule has 0 saturated heterocycles. The van der Waals surface area contributed by atoms with Gasteiger partial charge in [-0.1, -0.05) is 54.1 Å². The Hall–Kier alpha value is -3.74. The van der Waals surface area contributed by atoms with Crippen LogP contribution in [0, 0.1) is 17.0 Å². The molecule has 0 bridgehead atoms. The van der Waals surface area contributed by atoms with Gasteiger partial charge in [0.1, 0.15) is 0 Å². The van der Waals surface area contributed by atoms with Gasteiger partial charge in [0, 0.05) is 48.2 Å². The highest BCUT2D eigenvalue weighted by Gasteiger charge is 2.22. The summed E-state index contributed by atoms with van der Waals surface area (Å²) in [7, 11) is 0. The van der Waals surface area contributed by atoms with Crippen LogP contribution in [0.4, 0.5) is 5.69 Å². The summed E-state index contributed by atoms with van der Waals surface area (Å²) in [6, 6.07) is 28.5. The van der Waals surface area contributed by atoms with E-state index in [1.165, 1.54) is 20.3 Å². The van der Waals surface area contributed by atoms with Gasteiger partial charge in [-0.3, -0.25) is 10.1 Å². The Morgan fingerprint density at radius 1 is 0.857 bits per heavy atom. The molecule has 0 aliphatic rings. The number of nitro benzene ring substituents is 1. The summed E-state index contributed by atoms with van der Waals surface area (Å²) in [5, 5.41) is 18.4. The van der Waals surface area contributed by atoms with Crippen molar-refractivity contribution < 1.29 is 4.92 Å². The predicted octanol–water partition coefficient (Wildman–Crippen LogP) is 9.28. The van der Waals surface area contributed by atoms with Crippen LogP contribution in [0.3, 0.4) is 0 Å². The third kappa shape index (κ3) is 2.90. The fourth-order valence-electron chi connectivity index (χ4n) is 5.28. The van der Waals surface area contributed by atoms with Crippen LogP contribution in [-0.2, 0) is 0 Å². The van der Waals surface area contributed by atoms with Gasteiger partial charge in [0.15, 0.2) is 0 Å². The minimum atomic E-state index is -0.320. The van der Waals surface area contributed by atoms with E-state index >= 15 is 0 Å². The van der Waals surface area contributed by atoms with Gasteiger partial charge in [-0.15, -0.1) is 11.3 Å². The lowest BCUT2D eigenvalue weighted by molar-refractivity contribution is -0.384. The zero-order chi connectivity index (χ0) is 23.8. The van der Waals surface area contributed by atoms with Gasteiger partial charge in [0.2, 0.25) is 0 Å². The lowest BCUT2D eigenvalue weighted by Crippen LogP contribution is -1.97. The number of thiophene rings is 1. The molecule has 0 aliphatic carbocycles. The van der Waals surface area contributed by atoms with Crippen molar-refractivity contribution in [1.29, 1.82) is 0 Å². The van der Waals surface area contributed by atoms with E-state index in [4.69, 9.17) is 0 Å². The monoisotopic (exact) mass is 536 g/mol. The first-order valence-electron chi connectivity index (χ1n) is 11.2. The van der Waals surface area contributed by atoms with Crippen molar-refractivity contribution in [2.75, 3.05) is 0 Å². The Balaban J connectivity index is 1.79. The van der Waals surface area contributed by atoms with Crippen molar-refractivity contribution in [3.8, 4) is 5.69 Å². The minimum absolute atomic E-state index is 0.0862. The fourth-order valence-corrected chi connectivity index (χ4v) is 7.06. The standard InChI is InChI=1S/C29H17BrN2O2S/c1-16-9-11-19-17(13-16)5-4-7-24(19)31-25-14-18(32(33)34)10-12-20(25)22-15-23(30)29-27(28(22)31)21-6-2-3-8-26(21)35-29/h2-15H,1H3. The summed E-state index contributed by atoms with van der Waals surface area (Å²) in [5.41, 5.74) is 4.20. The first-order chi connectivity index (χ1) is 17.0. The number of rotatable bonds is 2. The Morgan fingerprint density at radius 2 is 1.69 bits per heavy atom. The molecule has 0 fully saturated rings. The second kappa shape index (κ2) is 7.38. The Kier molecular flexibility index (Phi) is 4.35. The number of nitro groups is 1. The summed E-state index contributed by atoms with van der Waals surface area (Å²) < 4.78 is 5.65. The molecule has 4 nitrogen and oxygen atoms in total. The van der Waals surface area contributed by atoms with Gasteiger partial charge < -0.3 is 4.57 Å². The largest absolute Gasteiger partial charge is 0.308 e. The maximum absolute atomic E-state index is 11.7. The molecular formula is C29H17BrN2O2S. The Morgan fingerprint density at radius 3 is 2.54 bits per heavy atom. The molecule has 0 radical (unpaired) electrons. The Bertz CT molecular complexity index is 2020. The van der Waals surface area contributed by atoms with Crippen LogP contribution in [0.25, 0.3) is 58.4 Å². The van der Waals surface area contributed by atoms with E-state index < -0.39 is 0 Å². The van der Waals surface area contributed by atoms with E-state index in [0.717, 1.165) is 48.1 Å². The highest BCUT2D eigenvalue weighted by atomic mass is 79.9. The van der Waals surface area contributed by atoms with Crippen molar-refractivity contribution >= 4 is 85.7 Å². The maximum Gasteiger partial charge on any atom is 0.271 e. The number of non-ortho nitro benzene ring substituents is 1. The van der Waals surface area contributed by atoms with E-state index in [1.54, 1.807) is 23.5 Å². The number of aryl methyl sites for hydroxylation is 1. The van der Waals surface area contributed by atoms with Gasteiger partial charge in [-0.25, -0.2) is 0 Å². The molecule has 5 aromatic carbocycles. The van der Waals surface area contributed by atoms with Crippen molar-refractivity contribution in [2.45, 2.75) is 6.92 Å². The number of benzene rings is 5. The molecule has 0 amide bonds. The third-order valence-electron chi connectivity index (χ3n) is 6.78. The molecular weight excluding hydrogens is 520 g/mol. The van der Waals surface area contributed by atoms with Gasteiger partial charge in [0.05, 0.1) is 26.3 Å². The number of aromatic nitrogens is 1. The van der Waals surface area contributed by atoms with Crippen LogP contribution in [0.1, 0.15) is 5.56 Å². The average molecular weight is 537 g/mol. The second-order valence-corrected chi connectivity index (χ2v) is 10.8. The van der Waals surface area contributed by atoms with Gasteiger partial charge in [-0.05, 0) is 52.5 Å². The molecule has 35 heavy (non-hydrogen) atoms. The van der Waals surface area contributed by atoms with E-state index in [2.05, 4.69) is 94.2 Å². The van der Waals surface area contributed by atoms with Crippen molar-refractivity contribution in [2.24, 2.45) is 0 Å². The summed E-state index contributed by atoms with van der Waals surface area (Å²) in [5.74, 6) is 0. The molecule has 0 N–H and O–H groups in total. The molecule has 7 rings (SSSR count). The van der Waals surface area contributed by atoms with Crippen LogP contribution < -0.4 is 0 Å². The number of halogens is 1. The van der Waals surface area contributed by atoms with Gasteiger partial charge in [-0.2, -0.15) is 0 Å². The summed E-state index contributed by atoms with van der Waals surface area (Å²) in [6.45, 7) is 2.09. The zero-order valence-corrected chi connectivity index (χ0v) is 21.0. The van der Waals surface area contributed by atoms with Crippen LogP contribution >= 0.6 is 27.3 Å². The molecule has 0 atom stereocenters. The SMILES string of the molecule is Cc1ccc2c(-n3c4cc([N+](=O)[O-])ccc4c4cc(Br)c5sc6ccccc6c5c43)cccc2c1. The van der Waals surface area contributed by atoms with Gasteiger partial charge in [0.25, 0.3) is 5.69 Å². The zero-order valence-electron chi connectivity index (χ0n) is 18.6. The molecule has 0 unspecified atom stereocenters. The smallest absolute Gasteiger partial charge is 0.271 e. The molecule has 168 valence electrons.